The predicted octanol–water partition coefficient (Wildman–Crippen LogP) is 0.514. The second-order valence-corrected chi connectivity index (χ2v) is 9.78. The third-order valence-corrected chi connectivity index (χ3v) is 6.05. The van der Waals surface area contributed by atoms with Crippen LogP contribution >= 0.6 is 25.3 Å². The minimum absolute atomic E-state index is 0.0804. The van der Waals surface area contributed by atoms with Gasteiger partial charge in [-0.15, -0.1) is 0 Å². The maximum absolute atomic E-state index is 13.1. The second kappa shape index (κ2) is 16.2. The lowest BCUT2D eigenvalue weighted by Crippen LogP contribution is -2.61. The second-order valence-electron chi connectivity index (χ2n) is 8.89. The Kier molecular flexibility index (Phi) is 14.6. The molecule has 0 bridgehead atoms. The number of nitrogens with one attached hydrogen (secondary N) is 4. The van der Waals surface area contributed by atoms with Gasteiger partial charge < -0.3 is 31.1 Å². The highest BCUT2D eigenvalue weighted by molar-refractivity contribution is 7.80. The van der Waals surface area contributed by atoms with E-state index < -0.39 is 35.4 Å². The van der Waals surface area contributed by atoms with E-state index in [2.05, 4.69) is 46.5 Å². The third-order valence-electron chi connectivity index (χ3n) is 5.55. The van der Waals surface area contributed by atoms with Crippen LogP contribution in [0.2, 0.25) is 0 Å². The number of rotatable bonds is 17. The molecule has 3 amide bonds. The number of carboxylic acid groups (broad SMARTS) is 1. The van der Waals surface area contributed by atoms with E-state index in [4.69, 9.17) is 4.74 Å². The molecule has 0 aliphatic carbocycles. The molecule has 0 radical (unpaired) electrons. The molecule has 10 nitrogen and oxygen atoms in total. The summed E-state index contributed by atoms with van der Waals surface area (Å²) in [4.78, 5) is 50.0. The standard InChI is InChI=1S/C22H40N4O6S2/c1-22(2,21(31)25-17(20(29)30)9-11-32-12-14-34)26-19(28)16(7-4-3-5-13-33)24-18(27)15-8-6-10-23-15/h15-17,23,33-34H,3-14H2,1-2H3,(H,24,27)(H,25,31)(H,26,28)(H,29,30)/t15-,16-,17-/m0/s1. The Morgan fingerprint density at radius 2 is 1.76 bits per heavy atom. The Labute approximate surface area is 212 Å². The molecule has 3 atom stereocenters. The van der Waals surface area contributed by atoms with Crippen molar-refractivity contribution in [2.45, 2.75) is 82.5 Å². The largest absolute Gasteiger partial charge is 0.480 e. The van der Waals surface area contributed by atoms with Crippen LogP contribution in [0.5, 0.6) is 0 Å². The number of aliphatic carboxylic acids is 1. The van der Waals surface area contributed by atoms with Gasteiger partial charge in [-0.05, 0) is 51.8 Å². The Hall–Kier alpha value is -1.50. The van der Waals surface area contributed by atoms with Crippen molar-refractivity contribution in [2.75, 3.05) is 31.3 Å². The molecule has 1 aliphatic heterocycles. The van der Waals surface area contributed by atoms with Gasteiger partial charge in [0.2, 0.25) is 17.7 Å². The van der Waals surface area contributed by atoms with E-state index >= 15 is 0 Å². The molecule has 1 heterocycles. The molecule has 12 heteroatoms. The van der Waals surface area contributed by atoms with Crippen molar-refractivity contribution in [3.63, 3.8) is 0 Å². The van der Waals surface area contributed by atoms with Gasteiger partial charge in [-0.25, -0.2) is 4.79 Å². The predicted molar refractivity (Wildman–Crippen MR) is 136 cm³/mol. The number of hydrogen-bond donors (Lipinski definition) is 7. The van der Waals surface area contributed by atoms with Crippen LogP contribution in [-0.2, 0) is 23.9 Å². The average molecular weight is 521 g/mol. The monoisotopic (exact) mass is 520 g/mol. The van der Waals surface area contributed by atoms with Crippen molar-refractivity contribution < 1.29 is 29.0 Å². The maximum Gasteiger partial charge on any atom is 0.326 e. The zero-order chi connectivity index (χ0) is 25.6. The van der Waals surface area contributed by atoms with Gasteiger partial charge in [0.05, 0.1) is 12.6 Å². The fourth-order valence-corrected chi connectivity index (χ4v) is 3.85. The van der Waals surface area contributed by atoms with Crippen LogP contribution in [0.15, 0.2) is 0 Å². The number of ether oxygens (including phenoxy) is 1. The van der Waals surface area contributed by atoms with Gasteiger partial charge in [0.15, 0.2) is 0 Å². The minimum atomic E-state index is -1.39. The number of carbonyl (C=O) groups excluding carboxylic acids is 3. The molecule has 0 aromatic heterocycles. The van der Waals surface area contributed by atoms with Crippen molar-refractivity contribution in [3.05, 3.63) is 0 Å². The summed E-state index contributed by atoms with van der Waals surface area (Å²) < 4.78 is 5.25. The van der Waals surface area contributed by atoms with E-state index in [9.17, 15) is 24.3 Å². The van der Waals surface area contributed by atoms with Crippen molar-refractivity contribution in [2.24, 2.45) is 0 Å². The number of thiol groups is 2. The van der Waals surface area contributed by atoms with Crippen molar-refractivity contribution in [3.8, 4) is 0 Å². The lowest BCUT2D eigenvalue weighted by molar-refractivity contribution is -0.143. The first-order valence-corrected chi connectivity index (χ1v) is 13.1. The number of unbranched alkanes of at least 4 members (excludes halogenated alkanes) is 2. The Balaban J connectivity index is 2.75. The van der Waals surface area contributed by atoms with Gasteiger partial charge >= 0.3 is 5.97 Å². The van der Waals surface area contributed by atoms with Crippen molar-refractivity contribution >= 4 is 48.9 Å². The summed E-state index contributed by atoms with van der Waals surface area (Å²) in [6, 6.07) is -2.29. The van der Waals surface area contributed by atoms with Crippen LogP contribution in [0.1, 0.15) is 58.8 Å². The SMILES string of the molecule is CC(C)(NC(=O)[C@H](CCCCCS)NC(=O)[C@@H]1CCCN1)C(=O)N[C@@H](CCOCCS)C(=O)O. The first kappa shape index (κ1) is 30.5. The Morgan fingerprint density at radius 3 is 2.35 bits per heavy atom. The topological polar surface area (TPSA) is 146 Å². The summed E-state index contributed by atoms with van der Waals surface area (Å²) in [6.45, 7) is 4.28. The van der Waals surface area contributed by atoms with E-state index in [1.165, 1.54) is 13.8 Å². The smallest absolute Gasteiger partial charge is 0.326 e. The van der Waals surface area contributed by atoms with Gasteiger partial charge in [0.1, 0.15) is 17.6 Å². The molecule has 1 saturated heterocycles. The van der Waals surface area contributed by atoms with Crippen molar-refractivity contribution in [1.82, 2.24) is 21.3 Å². The molecular formula is C22H40N4O6S2. The third kappa shape index (κ3) is 11.3. The fraction of sp³-hybridized carbons (Fsp3) is 0.818. The summed E-state index contributed by atoms with van der Waals surface area (Å²) in [5.41, 5.74) is -1.39. The normalized spacial score (nSPS) is 17.6. The molecule has 1 rings (SSSR count). The van der Waals surface area contributed by atoms with Gasteiger partial charge in [0, 0.05) is 18.8 Å². The van der Waals surface area contributed by atoms with Crippen LogP contribution in [0.25, 0.3) is 0 Å². The molecule has 0 saturated carbocycles. The number of hydrogen-bond acceptors (Lipinski definition) is 8. The Bertz CT molecular complexity index is 674. The van der Waals surface area contributed by atoms with E-state index in [1.54, 1.807) is 0 Å². The highest BCUT2D eigenvalue weighted by atomic mass is 32.1. The lowest BCUT2D eigenvalue weighted by Gasteiger charge is -2.30. The Morgan fingerprint density at radius 1 is 1.03 bits per heavy atom. The zero-order valence-corrected chi connectivity index (χ0v) is 21.9. The van der Waals surface area contributed by atoms with Crippen LogP contribution in [0.3, 0.4) is 0 Å². The molecule has 0 unspecified atom stereocenters. The minimum Gasteiger partial charge on any atom is -0.480 e. The molecule has 0 aromatic carbocycles. The van der Waals surface area contributed by atoms with Gasteiger partial charge in [-0.3, -0.25) is 14.4 Å². The molecule has 0 spiro atoms. The van der Waals surface area contributed by atoms with Crippen LogP contribution in [-0.4, -0.2) is 83.7 Å². The number of carbonyl (C=O) groups is 4. The quantitative estimate of drug-likeness (QED) is 0.109. The van der Waals surface area contributed by atoms with Gasteiger partial charge in [0.25, 0.3) is 0 Å². The summed E-state index contributed by atoms with van der Waals surface area (Å²) in [5, 5.41) is 20.5. The van der Waals surface area contributed by atoms with E-state index in [-0.39, 0.29) is 25.0 Å². The molecule has 0 aromatic rings. The zero-order valence-electron chi connectivity index (χ0n) is 20.1. The number of carboxylic acids is 1. The van der Waals surface area contributed by atoms with Crippen LogP contribution in [0.4, 0.5) is 0 Å². The summed E-state index contributed by atoms with van der Waals surface area (Å²) in [6.07, 6.45) is 4.60. The molecule has 5 N–H and O–H groups in total. The molecule has 34 heavy (non-hydrogen) atoms. The van der Waals surface area contributed by atoms with Crippen LogP contribution < -0.4 is 21.3 Å². The molecule has 1 aliphatic rings. The first-order valence-electron chi connectivity index (χ1n) is 11.8. The summed E-state index contributed by atoms with van der Waals surface area (Å²) in [5.74, 6) is -1.30. The number of amides is 3. The van der Waals surface area contributed by atoms with Gasteiger partial charge in [-0.2, -0.15) is 25.3 Å². The fourth-order valence-electron chi connectivity index (χ4n) is 3.50. The first-order chi connectivity index (χ1) is 16.1. The van der Waals surface area contributed by atoms with Gasteiger partial charge in [-0.1, -0.05) is 12.8 Å². The van der Waals surface area contributed by atoms with E-state index in [0.29, 0.717) is 25.2 Å². The molecular weight excluding hydrogens is 480 g/mol. The highest BCUT2D eigenvalue weighted by Gasteiger charge is 2.35. The van der Waals surface area contributed by atoms with E-state index in [1.807, 2.05) is 0 Å². The maximum atomic E-state index is 13.1. The molecule has 196 valence electrons. The van der Waals surface area contributed by atoms with E-state index in [0.717, 1.165) is 38.0 Å². The molecule has 1 fully saturated rings. The average Bonchev–Trinajstić information content (AvgIpc) is 3.32. The lowest BCUT2D eigenvalue weighted by atomic mass is 10.0. The summed E-state index contributed by atoms with van der Waals surface area (Å²) in [7, 11) is 0. The summed E-state index contributed by atoms with van der Waals surface area (Å²) >= 11 is 8.22. The highest BCUT2D eigenvalue weighted by Crippen LogP contribution is 2.11. The van der Waals surface area contributed by atoms with Crippen molar-refractivity contribution in [1.29, 1.82) is 0 Å². The van der Waals surface area contributed by atoms with Crippen LogP contribution in [0, 0.1) is 0 Å².